The molecule has 4 nitrogen and oxygen atoms in total. The maximum Gasteiger partial charge on any atom is 0.242 e. The molecule has 0 unspecified atom stereocenters. The minimum Gasteiger partial charge on any atom is -0.354 e. The lowest BCUT2D eigenvalue weighted by Crippen LogP contribution is -2.47. The summed E-state index contributed by atoms with van der Waals surface area (Å²) in [6.45, 7) is 4.98. The first-order valence-corrected chi connectivity index (χ1v) is 12.4. The van der Waals surface area contributed by atoms with Crippen LogP contribution >= 0.6 is 27.7 Å². The van der Waals surface area contributed by atoms with Gasteiger partial charge in [-0.1, -0.05) is 71.7 Å². The van der Waals surface area contributed by atoms with Crippen LogP contribution in [-0.2, 0) is 21.9 Å². The second-order valence-electron chi connectivity index (χ2n) is 7.26. The summed E-state index contributed by atoms with van der Waals surface area (Å²) in [5.41, 5.74) is 2.27. The van der Waals surface area contributed by atoms with Crippen molar-refractivity contribution in [1.82, 2.24) is 10.2 Å². The minimum absolute atomic E-state index is 0.0108. The second-order valence-corrected chi connectivity index (χ2v) is 9.28. The van der Waals surface area contributed by atoms with Gasteiger partial charge in [0.1, 0.15) is 6.04 Å². The predicted octanol–water partition coefficient (Wildman–Crippen LogP) is 5.41. The molecule has 0 aliphatic heterocycles. The maximum absolute atomic E-state index is 13.0. The van der Waals surface area contributed by atoms with Crippen molar-refractivity contribution < 1.29 is 9.59 Å². The number of carbonyl (C=O) groups is 2. The lowest BCUT2D eigenvalue weighted by molar-refractivity contribution is -0.140. The monoisotopic (exact) mass is 490 g/mol. The number of nitrogens with one attached hydrogen (secondary N) is 1. The summed E-state index contributed by atoms with van der Waals surface area (Å²) in [4.78, 5) is 27.3. The number of benzene rings is 2. The summed E-state index contributed by atoms with van der Waals surface area (Å²) in [6.07, 6.45) is 2.38. The average Bonchev–Trinajstić information content (AvgIpc) is 2.76. The van der Waals surface area contributed by atoms with E-state index in [4.69, 9.17) is 0 Å². The van der Waals surface area contributed by atoms with Crippen LogP contribution in [0.15, 0.2) is 59.1 Å². The molecule has 162 valence electrons. The number of hydrogen-bond acceptors (Lipinski definition) is 3. The number of thioether (sulfide) groups is 1. The van der Waals surface area contributed by atoms with Gasteiger partial charge in [-0.2, -0.15) is 11.8 Å². The van der Waals surface area contributed by atoms with Gasteiger partial charge in [0.2, 0.25) is 11.8 Å². The highest BCUT2D eigenvalue weighted by molar-refractivity contribution is 9.10. The second kappa shape index (κ2) is 13.5. The molecule has 30 heavy (non-hydrogen) atoms. The number of rotatable bonds is 12. The molecule has 2 amide bonds. The highest BCUT2D eigenvalue weighted by Crippen LogP contribution is 2.17. The average molecular weight is 491 g/mol. The smallest absolute Gasteiger partial charge is 0.242 e. The van der Waals surface area contributed by atoms with Gasteiger partial charge in [-0.25, -0.2) is 0 Å². The third-order valence-electron chi connectivity index (χ3n) is 4.83. The van der Waals surface area contributed by atoms with Crippen LogP contribution < -0.4 is 5.32 Å². The van der Waals surface area contributed by atoms with Gasteiger partial charge in [-0.15, -0.1) is 0 Å². The number of nitrogens with zero attached hydrogens (tertiary/aromatic N) is 1. The van der Waals surface area contributed by atoms with Gasteiger partial charge in [0.25, 0.3) is 0 Å². The van der Waals surface area contributed by atoms with Crippen molar-refractivity contribution in [2.24, 2.45) is 0 Å². The number of carbonyl (C=O) groups excluding carboxylic acids is 2. The molecule has 2 aromatic rings. The molecule has 0 aliphatic carbocycles. The zero-order valence-corrected chi connectivity index (χ0v) is 20.2. The number of hydrogen-bond donors (Lipinski definition) is 1. The molecule has 0 radical (unpaired) electrons. The Labute approximate surface area is 192 Å². The predicted molar refractivity (Wildman–Crippen MR) is 129 cm³/mol. The lowest BCUT2D eigenvalue weighted by atomic mass is 10.1. The Hall–Kier alpha value is -1.79. The minimum atomic E-state index is -0.503. The normalized spacial score (nSPS) is 11.7. The third kappa shape index (κ3) is 8.52. The van der Waals surface area contributed by atoms with Gasteiger partial charge in [-0.3, -0.25) is 9.59 Å². The van der Waals surface area contributed by atoms with Gasteiger partial charge in [0.15, 0.2) is 0 Å². The zero-order chi connectivity index (χ0) is 21.8. The molecule has 0 aliphatic rings. The fraction of sp³-hybridized carbons (Fsp3) is 0.417. The first-order valence-electron chi connectivity index (χ1n) is 10.4. The van der Waals surface area contributed by atoms with Gasteiger partial charge in [0.05, 0.1) is 0 Å². The van der Waals surface area contributed by atoms with Gasteiger partial charge >= 0.3 is 0 Å². The first-order chi connectivity index (χ1) is 14.5. The maximum atomic E-state index is 13.0. The van der Waals surface area contributed by atoms with Crippen LogP contribution in [0.25, 0.3) is 0 Å². The summed E-state index contributed by atoms with van der Waals surface area (Å²) < 4.78 is 0.992. The van der Waals surface area contributed by atoms with Crippen LogP contribution in [0, 0.1) is 0 Å². The molecule has 0 aromatic heterocycles. The van der Waals surface area contributed by atoms with Crippen LogP contribution in [0.1, 0.15) is 44.2 Å². The molecule has 0 saturated heterocycles. The van der Waals surface area contributed by atoms with E-state index >= 15 is 0 Å². The van der Waals surface area contributed by atoms with Gasteiger partial charge in [-0.05, 0) is 36.6 Å². The zero-order valence-electron chi connectivity index (χ0n) is 17.8. The Morgan fingerprint density at radius 2 is 1.77 bits per heavy atom. The van der Waals surface area contributed by atoms with E-state index in [1.165, 1.54) is 5.56 Å². The van der Waals surface area contributed by atoms with E-state index in [9.17, 15) is 9.59 Å². The van der Waals surface area contributed by atoms with E-state index in [0.29, 0.717) is 19.5 Å². The van der Waals surface area contributed by atoms with Gasteiger partial charge in [0, 0.05) is 35.5 Å². The first kappa shape index (κ1) is 24.5. The molecule has 1 N–H and O–H groups in total. The fourth-order valence-electron chi connectivity index (χ4n) is 2.97. The molecule has 0 fully saturated rings. The van der Waals surface area contributed by atoms with Crippen LogP contribution in [0.4, 0.5) is 0 Å². The quantitative estimate of drug-likeness (QED) is 0.404. The molecule has 0 spiro atoms. The Bertz CT molecular complexity index is 784. The molecule has 1 atom stereocenters. The molecule has 2 aromatic carbocycles. The molecule has 0 heterocycles. The van der Waals surface area contributed by atoms with Crippen LogP contribution in [-0.4, -0.2) is 35.1 Å². The Kier molecular flexibility index (Phi) is 11.0. The molecular weight excluding hydrogens is 460 g/mol. The van der Waals surface area contributed by atoms with E-state index in [2.05, 4.69) is 40.3 Å². The highest BCUT2D eigenvalue weighted by Gasteiger charge is 2.25. The summed E-state index contributed by atoms with van der Waals surface area (Å²) >= 11 is 5.18. The molecule has 0 saturated carbocycles. The third-order valence-corrected chi connectivity index (χ3v) is 6.39. The van der Waals surface area contributed by atoms with E-state index in [0.717, 1.165) is 34.4 Å². The van der Waals surface area contributed by atoms with E-state index in [1.54, 1.807) is 16.7 Å². The van der Waals surface area contributed by atoms with Crippen LogP contribution in [0.5, 0.6) is 0 Å². The number of unbranched alkanes of at least 4 members (excludes halogenated alkanes) is 1. The van der Waals surface area contributed by atoms with E-state index < -0.39 is 6.04 Å². The van der Waals surface area contributed by atoms with Crippen molar-refractivity contribution in [3.63, 3.8) is 0 Å². The fourth-order valence-corrected chi connectivity index (χ4v) is 4.13. The Balaban J connectivity index is 1.96. The lowest BCUT2D eigenvalue weighted by Gasteiger charge is -2.29. The SMILES string of the molecule is CCCCNC(=O)[C@@H](C)N(Cc1ccc(Br)cc1)C(=O)CCSCc1ccccc1. The van der Waals surface area contributed by atoms with Crippen LogP contribution in [0.3, 0.4) is 0 Å². The summed E-state index contributed by atoms with van der Waals surface area (Å²) in [5.74, 6) is 1.53. The number of amides is 2. The van der Waals surface area contributed by atoms with Crippen molar-refractivity contribution in [1.29, 1.82) is 0 Å². The number of halogens is 1. The Morgan fingerprint density at radius 3 is 2.43 bits per heavy atom. The standard InChI is InChI=1S/C24H31BrN2O2S/c1-3-4-15-26-24(29)19(2)27(17-20-10-12-22(25)13-11-20)23(28)14-16-30-18-21-8-6-5-7-9-21/h5-13,19H,3-4,14-18H2,1-2H3,(H,26,29)/t19-/m1/s1. The molecular formula is C24H31BrN2O2S. The topological polar surface area (TPSA) is 49.4 Å². The van der Waals surface area contributed by atoms with E-state index in [1.807, 2.05) is 49.4 Å². The molecule has 2 rings (SSSR count). The van der Waals surface area contributed by atoms with E-state index in [-0.39, 0.29) is 11.8 Å². The molecule has 0 bridgehead atoms. The van der Waals surface area contributed by atoms with Gasteiger partial charge < -0.3 is 10.2 Å². The Morgan fingerprint density at radius 1 is 1.07 bits per heavy atom. The van der Waals surface area contributed by atoms with Crippen molar-refractivity contribution in [3.05, 3.63) is 70.2 Å². The summed E-state index contributed by atoms with van der Waals surface area (Å²) in [7, 11) is 0. The highest BCUT2D eigenvalue weighted by atomic mass is 79.9. The van der Waals surface area contributed by atoms with Crippen molar-refractivity contribution in [2.45, 2.75) is 51.4 Å². The molecule has 6 heteroatoms. The largest absolute Gasteiger partial charge is 0.354 e. The van der Waals surface area contributed by atoms with Crippen LogP contribution in [0.2, 0.25) is 0 Å². The summed E-state index contributed by atoms with van der Waals surface area (Å²) in [5, 5.41) is 2.96. The van der Waals surface area contributed by atoms with Crippen molar-refractivity contribution in [2.75, 3.05) is 12.3 Å². The van der Waals surface area contributed by atoms with Crippen molar-refractivity contribution in [3.8, 4) is 0 Å². The van der Waals surface area contributed by atoms with Crippen molar-refractivity contribution >= 4 is 39.5 Å². The summed E-state index contributed by atoms with van der Waals surface area (Å²) in [6, 6.07) is 17.6.